The standard InChI is InChI=1S/C17H20N2O5/c1-11-8-18(4-5-22-11)17(21)12-6-16(20)19(9-12)13-2-3-14-15(7-13)24-10-23-14/h2-3,7,11-12H,4-6,8-10H2,1H3/t11-,12+/m0/s1. The molecule has 128 valence electrons. The molecule has 2 atom stereocenters. The first-order valence-electron chi connectivity index (χ1n) is 8.22. The predicted molar refractivity (Wildman–Crippen MR) is 85.0 cm³/mol. The lowest BCUT2D eigenvalue weighted by Gasteiger charge is -2.32. The van der Waals surface area contributed by atoms with Gasteiger partial charge in [-0.1, -0.05) is 0 Å². The first-order valence-corrected chi connectivity index (χ1v) is 8.22. The molecule has 2 fully saturated rings. The molecule has 2 saturated heterocycles. The van der Waals surface area contributed by atoms with Crippen molar-refractivity contribution in [1.29, 1.82) is 0 Å². The highest BCUT2D eigenvalue weighted by Gasteiger charge is 2.38. The van der Waals surface area contributed by atoms with Gasteiger partial charge in [-0.3, -0.25) is 9.59 Å². The van der Waals surface area contributed by atoms with E-state index in [-0.39, 0.29) is 37.0 Å². The predicted octanol–water partition coefficient (Wildman–Crippen LogP) is 1.02. The average molecular weight is 332 g/mol. The molecule has 4 rings (SSSR count). The Morgan fingerprint density at radius 3 is 2.88 bits per heavy atom. The summed E-state index contributed by atoms with van der Waals surface area (Å²) in [4.78, 5) is 28.6. The maximum atomic E-state index is 12.7. The van der Waals surface area contributed by atoms with Gasteiger partial charge in [0.1, 0.15) is 0 Å². The van der Waals surface area contributed by atoms with Crippen LogP contribution in [0.3, 0.4) is 0 Å². The van der Waals surface area contributed by atoms with E-state index in [0.717, 1.165) is 5.69 Å². The van der Waals surface area contributed by atoms with Crippen LogP contribution in [-0.4, -0.2) is 55.9 Å². The molecule has 3 aliphatic heterocycles. The smallest absolute Gasteiger partial charge is 0.231 e. The van der Waals surface area contributed by atoms with E-state index in [2.05, 4.69) is 0 Å². The number of anilines is 1. The molecule has 0 aliphatic carbocycles. The lowest BCUT2D eigenvalue weighted by atomic mass is 10.1. The molecular weight excluding hydrogens is 312 g/mol. The number of benzene rings is 1. The Morgan fingerprint density at radius 1 is 1.21 bits per heavy atom. The molecule has 0 radical (unpaired) electrons. The Hall–Kier alpha value is -2.28. The zero-order chi connectivity index (χ0) is 16.7. The second-order valence-electron chi connectivity index (χ2n) is 6.41. The summed E-state index contributed by atoms with van der Waals surface area (Å²) in [6.45, 7) is 4.30. The Morgan fingerprint density at radius 2 is 2.04 bits per heavy atom. The second-order valence-corrected chi connectivity index (χ2v) is 6.41. The van der Waals surface area contributed by atoms with E-state index in [1.54, 1.807) is 17.0 Å². The summed E-state index contributed by atoms with van der Waals surface area (Å²) in [6.07, 6.45) is 0.295. The van der Waals surface area contributed by atoms with E-state index in [9.17, 15) is 9.59 Å². The van der Waals surface area contributed by atoms with Crippen molar-refractivity contribution in [1.82, 2.24) is 4.90 Å². The average Bonchev–Trinajstić information content (AvgIpc) is 3.19. The fourth-order valence-electron chi connectivity index (χ4n) is 3.45. The van der Waals surface area contributed by atoms with Gasteiger partial charge in [-0.15, -0.1) is 0 Å². The molecule has 3 aliphatic rings. The van der Waals surface area contributed by atoms with Crippen molar-refractivity contribution >= 4 is 17.5 Å². The van der Waals surface area contributed by atoms with E-state index in [1.165, 1.54) is 0 Å². The number of carbonyl (C=O) groups is 2. The minimum atomic E-state index is -0.298. The van der Waals surface area contributed by atoms with Gasteiger partial charge in [-0.25, -0.2) is 0 Å². The number of hydrogen-bond donors (Lipinski definition) is 0. The summed E-state index contributed by atoms with van der Waals surface area (Å²) in [5.41, 5.74) is 0.745. The van der Waals surface area contributed by atoms with Crippen LogP contribution in [-0.2, 0) is 14.3 Å². The highest BCUT2D eigenvalue weighted by Crippen LogP contribution is 2.37. The van der Waals surface area contributed by atoms with Crippen molar-refractivity contribution in [2.45, 2.75) is 19.4 Å². The van der Waals surface area contributed by atoms with Crippen molar-refractivity contribution in [2.24, 2.45) is 5.92 Å². The molecule has 1 aromatic carbocycles. The van der Waals surface area contributed by atoms with Gasteiger partial charge in [0.2, 0.25) is 18.6 Å². The fraction of sp³-hybridized carbons (Fsp3) is 0.529. The van der Waals surface area contributed by atoms with Crippen LogP contribution in [0.2, 0.25) is 0 Å². The van der Waals surface area contributed by atoms with Crippen LogP contribution < -0.4 is 14.4 Å². The third kappa shape index (κ3) is 2.69. The van der Waals surface area contributed by atoms with Gasteiger partial charge < -0.3 is 24.0 Å². The number of nitrogens with zero attached hydrogens (tertiary/aromatic N) is 2. The van der Waals surface area contributed by atoms with Crippen molar-refractivity contribution < 1.29 is 23.8 Å². The summed E-state index contributed by atoms with van der Waals surface area (Å²) < 4.78 is 16.1. The molecule has 7 nitrogen and oxygen atoms in total. The van der Waals surface area contributed by atoms with Crippen LogP contribution in [0, 0.1) is 5.92 Å². The normalized spacial score (nSPS) is 26.1. The van der Waals surface area contributed by atoms with Crippen LogP contribution in [0.15, 0.2) is 18.2 Å². The van der Waals surface area contributed by atoms with E-state index in [1.807, 2.05) is 17.9 Å². The maximum Gasteiger partial charge on any atom is 0.231 e. The lowest BCUT2D eigenvalue weighted by molar-refractivity contribution is -0.142. The first kappa shape index (κ1) is 15.3. The molecule has 3 heterocycles. The van der Waals surface area contributed by atoms with Crippen LogP contribution in [0.25, 0.3) is 0 Å². The number of ether oxygens (including phenoxy) is 3. The molecular formula is C17H20N2O5. The summed E-state index contributed by atoms with van der Waals surface area (Å²) in [6, 6.07) is 5.42. The number of fused-ring (bicyclic) bond motifs is 1. The zero-order valence-corrected chi connectivity index (χ0v) is 13.6. The van der Waals surface area contributed by atoms with Crippen LogP contribution >= 0.6 is 0 Å². The molecule has 1 aromatic rings. The third-order valence-electron chi connectivity index (χ3n) is 4.69. The highest BCUT2D eigenvalue weighted by molar-refractivity contribution is 6.00. The molecule has 0 bridgehead atoms. The molecule has 0 unspecified atom stereocenters. The van der Waals surface area contributed by atoms with E-state index >= 15 is 0 Å². The first-order chi connectivity index (χ1) is 11.6. The summed E-state index contributed by atoms with van der Waals surface area (Å²) >= 11 is 0. The molecule has 0 N–H and O–H groups in total. The van der Waals surface area contributed by atoms with Gasteiger partial charge in [0.15, 0.2) is 11.5 Å². The van der Waals surface area contributed by atoms with Crippen molar-refractivity contribution in [3.05, 3.63) is 18.2 Å². The minimum absolute atomic E-state index is 0.0338. The molecule has 24 heavy (non-hydrogen) atoms. The monoisotopic (exact) mass is 332 g/mol. The van der Waals surface area contributed by atoms with Crippen molar-refractivity contribution in [3.63, 3.8) is 0 Å². The SMILES string of the molecule is C[C@H]1CN(C(=O)[C@@H]2CC(=O)N(c3ccc4c(c3)OCO4)C2)CCO1. The molecule has 0 aromatic heterocycles. The van der Waals surface area contributed by atoms with E-state index in [4.69, 9.17) is 14.2 Å². The van der Waals surface area contributed by atoms with Crippen LogP contribution in [0.5, 0.6) is 11.5 Å². The van der Waals surface area contributed by atoms with Gasteiger partial charge in [0.25, 0.3) is 0 Å². The number of carbonyl (C=O) groups excluding carboxylic acids is 2. The quantitative estimate of drug-likeness (QED) is 0.809. The Labute approximate surface area is 140 Å². The maximum absolute atomic E-state index is 12.7. The van der Waals surface area contributed by atoms with Crippen LogP contribution in [0.4, 0.5) is 5.69 Å². The molecule has 0 saturated carbocycles. The second kappa shape index (κ2) is 5.98. The van der Waals surface area contributed by atoms with Crippen LogP contribution in [0.1, 0.15) is 13.3 Å². The minimum Gasteiger partial charge on any atom is -0.454 e. The Balaban J connectivity index is 1.47. The van der Waals surface area contributed by atoms with Gasteiger partial charge >= 0.3 is 0 Å². The summed E-state index contributed by atoms with van der Waals surface area (Å²) in [5.74, 6) is 1.03. The van der Waals surface area contributed by atoms with Crippen molar-refractivity contribution in [3.8, 4) is 11.5 Å². The summed E-state index contributed by atoms with van der Waals surface area (Å²) in [7, 11) is 0. The fourth-order valence-corrected chi connectivity index (χ4v) is 3.45. The molecule has 7 heteroatoms. The zero-order valence-electron chi connectivity index (χ0n) is 13.6. The van der Waals surface area contributed by atoms with Gasteiger partial charge in [-0.2, -0.15) is 0 Å². The Bertz CT molecular complexity index is 677. The van der Waals surface area contributed by atoms with Gasteiger partial charge in [-0.05, 0) is 19.1 Å². The van der Waals surface area contributed by atoms with Gasteiger partial charge in [0.05, 0.1) is 18.6 Å². The molecule has 2 amide bonds. The summed E-state index contributed by atoms with van der Waals surface area (Å²) in [5, 5.41) is 0. The highest BCUT2D eigenvalue weighted by atomic mass is 16.7. The largest absolute Gasteiger partial charge is 0.454 e. The molecule has 0 spiro atoms. The Kier molecular flexibility index (Phi) is 3.80. The lowest BCUT2D eigenvalue weighted by Crippen LogP contribution is -2.47. The third-order valence-corrected chi connectivity index (χ3v) is 4.69. The van der Waals surface area contributed by atoms with E-state index < -0.39 is 0 Å². The number of morpholine rings is 1. The van der Waals surface area contributed by atoms with Gasteiger partial charge in [0, 0.05) is 37.8 Å². The topological polar surface area (TPSA) is 68.3 Å². The number of amides is 2. The number of hydrogen-bond acceptors (Lipinski definition) is 5. The number of rotatable bonds is 2. The van der Waals surface area contributed by atoms with E-state index in [0.29, 0.717) is 37.7 Å². The van der Waals surface area contributed by atoms with Crippen molar-refractivity contribution in [2.75, 3.05) is 37.9 Å².